The summed E-state index contributed by atoms with van der Waals surface area (Å²) in [5.41, 5.74) is 2.58. The van der Waals surface area contributed by atoms with Crippen LogP contribution in [0, 0.1) is 6.92 Å². The fraction of sp³-hybridized carbons (Fsp3) is 0.211. The van der Waals surface area contributed by atoms with Crippen LogP contribution in [-0.4, -0.2) is 24.1 Å². The van der Waals surface area contributed by atoms with Crippen molar-refractivity contribution in [1.29, 1.82) is 0 Å². The molecule has 6 heteroatoms. The second-order valence-electron chi connectivity index (χ2n) is 5.72. The van der Waals surface area contributed by atoms with Gasteiger partial charge in [0, 0.05) is 28.9 Å². The molecule has 0 aromatic heterocycles. The van der Waals surface area contributed by atoms with Crippen molar-refractivity contribution in [2.45, 2.75) is 20.8 Å². The number of hydrogen-bond acceptors (Lipinski definition) is 3. The second kappa shape index (κ2) is 7.94. The smallest absolute Gasteiger partial charge is 0.244 e. The van der Waals surface area contributed by atoms with Gasteiger partial charge in [0.05, 0.1) is 0 Å². The van der Waals surface area contributed by atoms with Gasteiger partial charge in [0.25, 0.3) is 0 Å². The Bertz CT molecular complexity index is 816. The third kappa shape index (κ3) is 4.90. The van der Waals surface area contributed by atoms with E-state index in [0.29, 0.717) is 22.0 Å². The molecule has 2 aromatic carbocycles. The van der Waals surface area contributed by atoms with Crippen LogP contribution in [0.25, 0.3) is 0 Å². The Balaban J connectivity index is 2.15. The van der Waals surface area contributed by atoms with Crippen LogP contribution in [0.4, 0.5) is 11.4 Å². The van der Waals surface area contributed by atoms with Crippen LogP contribution in [-0.2, 0) is 9.59 Å². The third-order valence-electron chi connectivity index (χ3n) is 3.74. The van der Waals surface area contributed by atoms with Gasteiger partial charge in [-0.3, -0.25) is 14.4 Å². The van der Waals surface area contributed by atoms with Gasteiger partial charge in [0.15, 0.2) is 5.78 Å². The van der Waals surface area contributed by atoms with E-state index in [1.165, 1.54) is 18.7 Å². The Labute approximate surface area is 151 Å². The Hall–Kier alpha value is -2.66. The Morgan fingerprint density at radius 3 is 2.24 bits per heavy atom. The van der Waals surface area contributed by atoms with Gasteiger partial charge in [0.1, 0.15) is 6.54 Å². The van der Waals surface area contributed by atoms with Crippen LogP contribution in [0.2, 0.25) is 5.02 Å². The predicted octanol–water partition coefficient (Wildman–Crippen LogP) is 3.84. The number of amides is 2. The van der Waals surface area contributed by atoms with E-state index < -0.39 is 0 Å². The number of nitrogens with one attached hydrogen (secondary N) is 1. The zero-order valence-corrected chi connectivity index (χ0v) is 15.1. The Morgan fingerprint density at radius 1 is 1.04 bits per heavy atom. The van der Waals surface area contributed by atoms with Crippen molar-refractivity contribution in [3.8, 4) is 0 Å². The summed E-state index contributed by atoms with van der Waals surface area (Å²) in [7, 11) is 0. The minimum atomic E-state index is -0.337. The maximum Gasteiger partial charge on any atom is 0.244 e. The van der Waals surface area contributed by atoms with Crippen LogP contribution < -0.4 is 10.2 Å². The minimum absolute atomic E-state index is 0.0601. The number of carbonyl (C=O) groups is 3. The van der Waals surface area contributed by atoms with Gasteiger partial charge in [-0.15, -0.1) is 0 Å². The zero-order chi connectivity index (χ0) is 18.6. The van der Waals surface area contributed by atoms with E-state index in [2.05, 4.69) is 5.32 Å². The number of aryl methyl sites for hydroxylation is 1. The molecule has 2 aromatic rings. The second-order valence-corrected chi connectivity index (χ2v) is 6.15. The molecule has 0 aliphatic carbocycles. The average molecular weight is 359 g/mol. The van der Waals surface area contributed by atoms with Gasteiger partial charge in [-0.05, 0) is 55.8 Å². The number of rotatable bonds is 5. The van der Waals surface area contributed by atoms with Crippen LogP contribution in [0.1, 0.15) is 29.8 Å². The van der Waals surface area contributed by atoms with E-state index in [-0.39, 0.29) is 24.1 Å². The summed E-state index contributed by atoms with van der Waals surface area (Å²) in [6.07, 6.45) is 0. The summed E-state index contributed by atoms with van der Waals surface area (Å²) in [6.45, 7) is 4.57. The highest BCUT2D eigenvalue weighted by atomic mass is 35.5. The summed E-state index contributed by atoms with van der Waals surface area (Å²) in [6, 6.07) is 11.8. The summed E-state index contributed by atoms with van der Waals surface area (Å²) < 4.78 is 0. The van der Waals surface area contributed by atoms with Gasteiger partial charge >= 0.3 is 0 Å². The molecule has 1 N–H and O–H groups in total. The topological polar surface area (TPSA) is 66.5 Å². The number of Topliss-reactive ketones (excluding diaryl/α,β-unsaturated/α-hetero) is 1. The lowest BCUT2D eigenvalue weighted by Crippen LogP contribution is -2.36. The first-order valence-electron chi connectivity index (χ1n) is 7.73. The van der Waals surface area contributed by atoms with Crippen molar-refractivity contribution in [1.82, 2.24) is 0 Å². The van der Waals surface area contributed by atoms with Gasteiger partial charge < -0.3 is 10.2 Å². The molecule has 2 amide bonds. The fourth-order valence-electron chi connectivity index (χ4n) is 2.32. The molecule has 0 saturated heterocycles. The molecular formula is C19H19ClN2O3. The van der Waals surface area contributed by atoms with E-state index in [4.69, 9.17) is 11.6 Å². The maximum absolute atomic E-state index is 12.3. The quantitative estimate of drug-likeness (QED) is 0.826. The molecule has 0 heterocycles. The Morgan fingerprint density at radius 2 is 1.68 bits per heavy atom. The normalized spacial score (nSPS) is 10.2. The van der Waals surface area contributed by atoms with E-state index in [1.807, 2.05) is 6.92 Å². The molecule has 0 aliphatic heterocycles. The first-order valence-corrected chi connectivity index (χ1v) is 8.11. The third-order valence-corrected chi connectivity index (χ3v) is 3.98. The number of anilines is 2. The van der Waals surface area contributed by atoms with Gasteiger partial charge in [-0.25, -0.2) is 0 Å². The zero-order valence-electron chi connectivity index (χ0n) is 14.3. The fourth-order valence-corrected chi connectivity index (χ4v) is 2.49. The van der Waals surface area contributed by atoms with Crippen LogP contribution in [0.5, 0.6) is 0 Å². The van der Waals surface area contributed by atoms with Crippen LogP contribution in [0.3, 0.4) is 0 Å². The molecule has 0 radical (unpaired) electrons. The molecule has 0 fully saturated rings. The van der Waals surface area contributed by atoms with Crippen molar-refractivity contribution in [3.05, 3.63) is 58.6 Å². The minimum Gasteiger partial charge on any atom is -0.324 e. The van der Waals surface area contributed by atoms with Gasteiger partial charge in [-0.1, -0.05) is 17.7 Å². The number of ketones is 1. The number of carbonyl (C=O) groups excluding carboxylic acids is 3. The van der Waals surface area contributed by atoms with Crippen molar-refractivity contribution >= 4 is 40.6 Å². The maximum atomic E-state index is 12.3. The summed E-state index contributed by atoms with van der Waals surface area (Å²) in [5, 5.41) is 3.28. The van der Waals surface area contributed by atoms with Crippen LogP contribution in [0.15, 0.2) is 42.5 Å². The summed E-state index contributed by atoms with van der Waals surface area (Å²) in [4.78, 5) is 37.0. The largest absolute Gasteiger partial charge is 0.324 e. The lowest BCUT2D eigenvalue weighted by Gasteiger charge is -2.21. The number of benzene rings is 2. The molecule has 130 valence electrons. The molecule has 5 nitrogen and oxygen atoms in total. The van der Waals surface area contributed by atoms with Crippen LogP contribution >= 0.6 is 11.6 Å². The SMILES string of the molecule is CC(=O)c1ccc(N(CC(=O)Nc2cc(Cl)ccc2C)C(C)=O)cc1. The van der Waals surface area contributed by atoms with Gasteiger partial charge in [-0.2, -0.15) is 0 Å². The standard InChI is InChI=1S/C19H19ClN2O3/c1-12-4-7-16(20)10-18(12)21-19(25)11-22(14(3)24)17-8-5-15(6-9-17)13(2)23/h4-10H,11H2,1-3H3,(H,21,25). The number of halogens is 1. The Kier molecular flexibility index (Phi) is 5.93. The lowest BCUT2D eigenvalue weighted by molar-refractivity contribution is -0.120. The highest BCUT2D eigenvalue weighted by molar-refractivity contribution is 6.31. The van der Waals surface area contributed by atoms with E-state index in [9.17, 15) is 14.4 Å². The summed E-state index contributed by atoms with van der Waals surface area (Å²) in [5.74, 6) is -0.667. The van der Waals surface area contributed by atoms with E-state index in [0.717, 1.165) is 5.56 Å². The van der Waals surface area contributed by atoms with Crippen molar-refractivity contribution < 1.29 is 14.4 Å². The van der Waals surface area contributed by atoms with E-state index >= 15 is 0 Å². The molecule has 0 atom stereocenters. The van der Waals surface area contributed by atoms with E-state index in [1.54, 1.807) is 42.5 Å². The number of nitrogens with zero attached hydrogens (tertiary/aromatic N) is 1. The first kappa shape index (κ1) is 18.7. The van der Waals surface area contributed by atoms with Crippen molar-refractivity contribution in [2.75, 3.05) is 16.8 Å². The predicted molar refractivity (Wildman–Crippen MR) is 99.3 cm³/mol. The first-order chi connectivity index (χ1) is 11.8. The molecule has 0 aliphatic rings. The van der Waals surface area contributed by atoms with Crippen molar-refractivity contribution in [2.24, 2.45) is 0 Å². The monoisotopic (exact) mass is 358 g/mol. The molecule has 25 heavy (non-hydrogen) atoms. The molecule has 0 saturated carbocycles. The van der Waals surface area contributed by atoms with Gasteiger partial charge in [0.2, 0.25) is 11.8 Å². The molecule has 0 spiro atoms. The molecular weight excluding hydrogens is 340 g/mol. The molecule has 0 bridgehead atoms. The molecule has 0 unspecified atom stereocenters. The lowest BCUT2D eigenvalue weighted by atomic mass is 10.1. The van der Waals surface area contributed by atoms with Crippen molar-refractivity contribution in [3.63, 3.8) is 0 Å². The molecule has 2 rings (SSSR count). The highest BCUT2D eigenvalue weighted by Crippen LogP contribution is 2.21. The summed E-state index contributed by atoms with van der Waals surface area (Å²) >= 11 is 5.95. The highest BCUT2D eigenvalue weighted by Gasteiger charge is 2.17. The number of hydrogen-bond donors (Lipinski definition) is 1. The average Bonchev–Trinajstić information content (AvgIpc) is 2.56.